The first-order chi connectivity index (χ1) is 19.9. The number of rotatable bonds is 8. The first kappa shape index (κ1) is 37.2. The number of carbonyl (C=O) groups is 2. The quantitative estimate of drug-likeness (QED) is 0.229. The van der Waals surface area contributed by atoms with E-state index in [2.05, 4.69) is 96.9 Å². The van der Waals surface area contributed by atoms with E-state index in [-0.39, 0.29) is 46.7 Å². The molecule has 0 aliphatic rings. The van der Waals surface area contributed by atoms with E-state index in [1.165, 1.54) is 0 Å². The van der Waals surface area contributed by atoms with Gasteiger partial charge in [-0.1, -0.05) is 121 Å². The summed E-state index contributed by atoms with van der Waals surface area (Å²) in [5, 5.41) is 22.0. The average Bonchev–Trinajstić information content (AvgIpc) is 2.85. The number of esters is 2. The van der Waals surface area contributed by atoms with Crippen molar-refractivity contribution in [3.8, 4) is 11.5 Å². The van der Waals surface area contributed by atoms with Gasteiger partial charge in [0.15, 0.2) is 0 Å². The number of phenolic OH excluding ortho intramolecular Hbond substituents is 2. The summed E-state index contributed by atoms with van der Waals surface area (Å²) in [4.78, 5) is 24.8. The fourth-order valence-corrected chi connectivity index (χ4v) is 5.28. The van der Waals surface area contributed by atoms with E-state index in [0.717, 1.165) is 33.4 Å². The molecule has 0 heterocycles. The van der Waals surface area contributed by atoms with Crippen molar-refractivity contribution >= 4 is 11.9 Å². The largest absolute Gasteiger partial charge is 0.507 e. The van der Waals surface area contributed by atoms with Crippen molar-refractivity contribution in [3.05, 3.63) is 57.6 Å². The number of ether oxygens (including phenoxy) is 2. The monoisotopic (exact) mass is 610 g/mol. The van der Waals surface area contributed by atoms with Crippen LogP contribution in [0.4, 0.5) is 0 Å². The van der Waals surface area contributed by atoms with Crippen LogP contribution in [0.25, 0.3) is 0 Å². The summed E-state index contributed by atoms with van der Waals surface area (Å²) in [5.41, 5.74) is 4.72. The molecule has 0 aromatic heterocycles. The van der Waals surface area contributed by atoms with Crippen LogP contribution in [0, 0.1) is 0 Å². The number of aromatic hydroxyl groups is 2. The van der Waals surface area contributed by atoms with Crippen LogP contribution in [0.5, 0.6) is 11.5 Å². The minimum atomic E-state index is -0.990. The Morgan fingerprint density at radius 3 is 0.977 bits per heavy atom. The lowest BCUT2D eigenvalue weighted by Gasteiger charge is -2.29. The maximum Gasteiger partial charge on any atom is 0.417 e. The molecular weight excluding hydrogens is 552 g/mol. The molecule has 0 unspecified atom stereocenters. The molecule has 0 aliphatic heterocycles. The Kier molecular flexibility index (Phi) is 11.4. The lowest BCUT2D eigenvalue weighted by atomic mass is 9.77. The smallest absolute Gasteiger partial charge is 0.417 e. The lowest BCUT2D eigenvalue weighted by Crippen LogP contribution is -2.22. The van der Waals surface area contributed by atoms with E-state index in [0.29, 0.717) is 24.3 Å². The zero-order valence-corrected chi connectivity index (χ0v) is 29.8. The second-order valence-electron chi connectivity index (χ2n) is 16.6. The van der Waals surface area contributed by atoms with E-state index < -0.39 is 11.9 Å². The summed E-state index contributed by atoms with van der Waals surface area (Å²) < 4.78 is 10.6. The predicted molar refractivity (Wildman–Crippen MR) is 179 cm³/mol. The van der Waals surface area contributed by atoms with Crippen molar-refractivity contribution in [3.63, 3.8) is 0 Å². The Morgan fingerprint density at radius 2 is 0.773 bits per heavy atom. The van der Waals surface area contributed by atoms with Crippen LogP contribution in [-0.4, -0.2) is 35.4 Å². The summed E-state index contributed by atoms with van der Waals surface area (Å²) in [6, 6.07) is 8.15. The molecule has 2 atom stereocenters. The van der Waals surface area contributed by atoms with Crippen molar-refractivity contribution in [2.75, 3.05) is 13.2 Å². The maximum absolute atomic E-state index is 12.4. The highest BCUT2D eigenvalue weighted by molar-refractivity contribution is 6.29. The number of hydrogen-bond acceptors (Lipinski definition) is 6. The van der Waals surface area contributed by atoms with Gasteiger partial charge in [-0.15, -0.1) is 0 Å². The van der Waals surface area contributed by atoms with Gasteiger partial charge in [0.05, 0.1) is 13.2 Å². The van der Waals surface area contributed by atoms with E-state index in [1.54, 1.807) is 0 Å². The molecular formula is C38H58O6. The van der Waals surface area contributed by atoms with Crippen LogP contribution in [0.1, 0.15) is 155 Å². The molecule has 6 heteroatoms. The number of hydrogen-bond donors (Lipinski definition) is 2. The molecule has 2 aromatic carbocycles. The minimum absolute atomic E-state index is 0.0451. The van der Waals surface area contributed by atoms with Crippen molar-refractivity contribution in [1.29, 1.82) is 0 Å². The molecule has 0 amide bonds. The molecule has 6 nitrogen and oxygen atoms in total. The second-order valence-corrected chi connectivity index (χ2v) is 16.6. The first-order valence-corrected chi connectivity index (χ1v) is 15.9. The molecule has 0 saturated carbocycles. The molecule has 0 spiro atoms. The van der Waals surface area contributed by atoms with Crippen molar-refractivity contribution in [2.24, 2.45) is 0 Å². The Labute approximate surface area is 266 Å². The van der Waals surface area contributed by atoms with Crippen molar-refractivity contribution in [1.82, 2.24) is 0 Å². The van der Waals surface area contributed by atoms with Gasteiger partial charge in [0.2, 0.25) is 0 Å². The molecule has 2 aromatic rings. The molecule has 246 valence electrons. The van der Waals surface area contributed by atoms with E-state index in [1.807, 2.05) is 24.3 Å². The maximum atomic E-state index is 12.4. The fraction of sp³-hybridized carbons (Fsp3) is 0.632. The lowest BCUT2D eigenvalue weighted by molar-refractivity contribution is -0.167. The zero-order valence-electron chi connectivity index (χ0n) is 29.8. The van der Waals surface area contributed by atoms with Gasteiger partial charge in [-0.05, 0) is 79.7 Å². The van der Waals surface area contributed by atoms with E-state index in [4.69, 9.17) is 9.47 Å². The van der Waals surface area contributed by atoms with Crippen LogP contribution in [0.3, 0.4) is 0 Å². The van der Waals surface area contributed by atoms with Crippen LogP contribution in [0.15, 0.2) is 24.3 Å². The van der Waals surface area contributed by atoms with Gasteiger partial charge < -0.3 is 19.7 Å². The van der Waals surface area contributed by atoms with Crippen LogP contribution < -0.4 is 0 Å². The summed E-state index contributed by atoms with van der Waals surface area (Å²) in [6.45, 7) is 29.2. The SMILES string of the molecule is C[C@H](CCOC(=O)C(=O)OCC[C@@H](C)c1cc(C(C)(C)C)c(O)c(C(C)(C)C)c1)c1cc(C(C)(C)C)c(O)c(C(C)(C)C)c1. The molecule has 2 N–H and O–H groups in total. The molecule has 0 fully saturated rings. The van der Waals surface area contributed by atoms with Crippen molar-refractivity contribution < 1.29 is 29.3 Å². The van der Waals surface area contributed by atoms with Crippen LogP contribution in [0.2, 0.25) is 0 Å². The minimum Gasteiger partial charge on any atom is -0.507 e. The number of carbonyl (C=O) groups excluding carboxylic acids is 2. The molecule has 2 rings (SSSR count). The van der Waals surface area contributed by atoms with Gasteiger partial charge in [-0.25, -0.2) is 9.59 Å². The first-order valence-electron chi connectivity index (χ1n) is 15.9. The van der Waals surface area contributed by atoms with Crippen molar-refractivity contribution in [2.45, 2.75) is 143 Å². The highest BCUT2D eigenvalue weighted by Gasteiger charge is 2.29. The second kappa shape index (κ2) is 13.5. The van der Waals surface area contributed by atoms with Crippen LogP contribution in [-0.2, 0) is 40.7 Å². The standard InChI is InChI=1S/C38H58O6/c1-23(25-19-27(35(3,4)5)31(39)28(20-25)36(6,7)8)15-17-43-33(41)34(42)44-18-16-24(2)26-21-29(37(9,10)11)32(40)30(22-26)38(12,13)14/h19-24,39-40H,15-18H2,1-14H3/t23-,24-/m1/s1. The normalized spacial score (nSPS) is 14.2. The van der Waals surface area contributed by atoms with Gasteiger partial charge in [-0.3, -0.25) is 0 Å². The summed E-state index contributed by atoms with van der Waals surface area (Å²) in [5.74, 6) is -1.22. The summed E-state index contributed by atoms with van der Waals surface area (Å²) in [7, 11) is 0. The van der Waals surface area contributed by atoms with Gasteiger partial charge in [-0.2, -0.15) is 0 Å². The Morgan fingerprint density at radius 1 is 0.545 bits per heavy atom. The van der Waals surface area contributed by atoms with Gasteiger partial charge in [0.1, 0.15) is 11.5 Å². The molecule has 0 saturated heterocycles. The average molecular weight is 611 g/mol. The van der Waals surface area contributed by atoms with Crippen LogP contribution >= 0.6 is 0 Å². The Hall–Kier alpha value is -3.02. The summed E-state index contributed by atoms with van der Waals surface area (Å²) >= 11 is 0. The highest BCUT2D eigenvalue weighted by atomic mass is 16.6. The number of benzene rings is 2. The molecule has 44 heavy (non-hydrogen) atoms. The van der Waals surface area contributed by atoms with E-state index in [9.17, 15) is 19.8 Å². The summed E-state index contributed by atoms with van der Waals surface area (Å²) in [6.07, 6.45) is 1.06. The molecule has 0 radical (unpaired) electrons. The third-order valence-electron chi connectivity index (χ3n) is 8.37. The Balaban J connectivity index is 2.01. The highest BCUT2D eigenvalue weighted by Crippen LogP contribution is 2.43. The van der Waals surface area contributed by atoms with Gasteiger partial charge in [0.25, 0.3) is 0 Å². The number of phenols is 2. The molecule has 0 bridgehead atoms. The fourth-order valence-electron chi connectivity index (χ4n) is 5.28. The molecule has 0 aliphatic carbocycles. The van der Waals surface area contributed by atoms with Gasteiger partial charge in [0, 0.05) is 0 Å². The van der Waals surface area contributed by atoms with Gasteiger partial charge >= 0.3 is 11.9 Å². The third-order valence-corrected chi connectivity index (χ3v) is 8.37. The topological polar surface area (TPSA) is 93.1 Å². The van der Waals surface area contributed by atoms with E-state index >= 15 is 0 Å². The predicted octanol–water partition coefficient (Wildman–Crippen LogP) is 9.06. The third kappa shape index (κ3) is 9.49. The zero-order chi connectivity index (χ0) is 34.0. The Bertz CT molecular complexity index is 1150.